The summed E-state index contributed by atoms with van der Waals surface area (Å²) in [6.07, 6.45) is 3.33. The van der Waals surface area contributed by atoms with Crippen molar-refractivity contribution in [3.05, 3.63) is 78.1 Å². The second kappa shape index (κ2) is 11.1. The lowest BCUT2D eigenvalue weighted by atomic mass is 10.1. The normalized spacial score (nSPS) is 11.7. The number of benzene rings is 2. The fourth-order valence-electron chi connectivity index (χ4n) is 3.00. The number of carbonyl (C=O) groups is 1. The van der Waals surface area contributed by atoms with E-state index in [1.807, 2.05) is 55.5 Å². The molecule has 0 fully saturated rings. The second-order valence-corrected chi connectivity index (χ2v) is 6.61. The van der Waals surface area contributed by atoms with Crippen molar-refractivity contribution in [1.82, 2.24) is 9.97 Å². The molecule has 30 heavy (non-hydrogen) atoms. The largest absolute Gasteiger partial charge is 0.489 e. The van der Waals surface area contributed by atoms with Crippen LogP contribution in [0.5, 0.6) is 5.75 Å². The smallest absolute Gasteiger partial charge is 0.335 e. The van der Waals surface area contributed by atoms with Gasteiger partial charge in [-0.05, 0) is 49.2 Å². The van der Waals surface area contributed by atoms with Crippen LogP contribution in [0.25, 0.3) is 11.4 Å². The van der Waals surface area contributed by atoms with Gasteiger partial charge in [0.25, 0.3) is 0 Å². The molecular formula is C24H26N2O4. The molecule has 3 aromatic rings. The van der Waals surface area contributed by atoms with Crippen molar-refractivity contribution < 1.29 is 19.0 Å². The topological polar surface area (TPSA) is 70.5 Å². The predicted molar refractivity (Wildman–Crippen MR) is 114 cm³/mol. The molecule has 3 rings (SSSR count). The van der Waals surface area contributed by atoms with Gasteiger partial charge in [-0.1, -0.05) is 30.3 Å². The highest BCUT2D eigenvalue weighted by Crippen LogP contribution is 2.19. The van der Waals surface area contributed by atoms with E-state index in [4.69, 9.17) is 14.2 Å². The second-order valence-electron chi connectivity index (χ2n) is 6.61. The lowest BCUT2D eigenvalue weighted by Gasteiger charge is -2.16. The van der Waals surface area contributed by atoms with Crippen LogP contribution < -0.4 is 4.74 Å². The van der Waals surface area contributed by atoms with Gasteiger partial charge in [-0.2, -0.15) is 0 Å². The summed E-state index contributed by atoms with van der Waals surface area (Å²) in [5, 5.41) is 0. The molecule has 0 saturated carbocycles. The van der Waals surface area contributed by atoms with Crippen molar-refractivity contribution in [2.45, 2.75) is 33.0 Å². The van der Waals surface area contributed by atoms with Crippen LogP contribution in [0, 0.1) is 0 Å². The van der Waals surface area contributed by atoms with Crippen LogP contribution in [0.4, 0.5) is 0 Å². The third kappa shape index (κ3) is 6.12. The van der Waals surface area contributed by atoms with Gasteiger partial charge in [-0.3, -0.25) is 0 Å². The zero-order valence-corrected chi connectivity index (χ0v) is 17.3. The van der Waals surface area contributed by atoms with E-state index in [9.17, 15) is 4.79 Å². The molecule has 1 aromatic heterocycles. The van der Waals surface area contributed by atoms with Gasteiger partial charge in [0.1, 0.15) is 12.4 Å². The van der Waals surface area contributed by atoms with Crippen molar-refractivity contribution in [2.75, 3.05) is 13.2 Å². The first-order valence-electron chi connectivity index (χ1n) is 10.1. The van der Waals surface area contributed by atoms with E-state index in [-0.39, 0.29) is 5.97 Å². The first-order chi connectivity index (χ1) is 14.7. The lowest BCUT2D eigenvalue weighted by molar-refractivity contribution is -0.156. The van der Waals surface area contributed by atoms with Crippen LogP contribution in [0.3, 0.4) is 0 Å². The molecule has 1 atom stereocenters. The zero-order chi connectivity index (χ0) is 21.2. The van der Waals surface area contributed by atoms with Gasteiger partial charge in [0.05, 0.1) is 6.61 Å². The molecule has 0 radical (unpaired) electrons. The Bertz CT molecular complexity index is 929. The summed E-state index contributed by atoms with van der Waals surface area (Å²) in [7, 11) is 0. The zero-order valence-electron chi connectivity index (χ0n) is 17.3. The van der Waals surface area contributed by atoms with E-state index in [1.165, 1.54) is 0 Å². The average Bonchev–Trinajstić information content (AvgIpc) is 2.79. The Morgan fingerprint density at radius 3 is 2.40 bits per heavy atom. The first kappa shape index (κ1) is 21.5. The Kier molecular flexibility index (Phi) is 7.92. The molecule has 0 aliphatic rings. The quantitative estimate of drug-likeness (QED) is 0.469. The summed E-state index contributed by atoms with van der Waals surface area (Å²) in [6.45, 7) is 4.88. The van der Waals surface area contributed by atoms with Crippen LogP contribution >= 0.6 is 0 Å². The van der Waals surface area contributed by atoms with Crippen molar-refractivity contribution in [1.29, 1.82) is 0 Å². The Labute approximate surface area is 176 Å². The standard InChI is InChI=1S/C24H26N2O4/c1-3-28-22(24(27)29-4-2)16-18-9-11-21(12-10-18)30-17-19-7-5-8-20(15-19)23-25-13-6-14-26-23/h5-15,22H,3-4,16-17H2,1-2H3. The van der Waals surface area contributed by atoms with Crippen LogP contribution in [0.15, 0.2) is 67.0 Å². The molecule has 0 aliphatic carbocycles. The van der Waals surface area contributed by atoms with Crippen LogP contribution in [-0.4, -0.2) is 35.3 Å². The van der Waals surface area contributed by atoms with Gasteiger partial charge in [-0.15, -0.1) is 0 Å². The molecule has 0 aliphatic heterocycles. The first-order valence-corrected chi connectivity index (χ1v) is 10.1. The molecular weight excluding hydrogens is 380 g/mol. The Balaban J connectivity index is 1.59. The highest BCUT2D eigenvalue weighted by molar-refractivity contribution is 5.75. The number of nitrogens with zero attached hydrogens (tertiary/aromatic N) is 2. The van der Waals surface area contributed by atoms with Gasteiger partial charge in [0.15, 0.2) is 11.9 Å². The van der Waals surface area contributed by atoms with Crippen molar-refractivity contribution in [3.63, 3.8) is 0 Å². The molecule has 156 valence electrons. The lowest BCUT2D eigenvalue weighted by Crippen LogP contribution is -2.28. The maximum atomic E-state index is 12.0. The molecule has 0 N–H and O–H groups in total. The summed E-state index contributed by atoms with van der Waals surface area (Å²) >= 11 is 0. The molecule has 0 amide bonds. The summed E-state index contributed by atoms with van der Waals surface area (Å²) in [4.78, 5) is 20.6. The average molecular weight is 406 g/mol. The fourth-order valence-corrected chi connectivity index (χ4v) is 3.00. The van der Waals surface area contributed by atoms with Gasteiger partial charge in [-0.25, -0.2) is 14.8 Å². The van der Waals surface area contributed by atoms with E-state index >= 15 is 0 Å². The van der Waals surface area contributed by atoms with Gasteiger partial charge in [0.2, 0.25) is 0 Å². The molecule has 1 heterocycles. The van der Waals surface area contributed by atoms with E-state index < -0.39 is 6.10 Å². The number of carbonyl (C=O) groups excluding carboxylic acids is 1. The molecule has 6 nitrogen and oxygen atoms in total. The minimum Gasteiger partial charge on any atom is -0.489 e. The molecule has 6 heteroatoms. The van der Waals surface area contributed by atoms with Gasteiger partial charge in [0, 0.05) is 31.0 Å². The van der Waals surface area contributed by atoms with E-state index in [1.54, 1.807) is 25.4 Å². The Morgan fingerprint density at radius 2 is 1.70 bits per heavy atom. The highest BCUT2D eigenvalue weighted by atomic mass is 16.6. The number of hydrogen-bond donors (Lipinski definition) is 0. The van der Waals surface area contributed by atoms with Crippen molar-refractivity contribution >= 4 is 5.97 Å². The number of esters is 1. The van der Waals surface area contributed by atoms with E-state index in [0.717, 1.165) is 22.4 Å². The number of aromatic nitrogens is 2. The van der Waals surface area contributed by atoms with Gasteiger partial charge < -0.3 is 14.2 Å². The molecule has 0 bridgehead atoms. The summed E-state index contributed by atoms with van der Waals surface area (Å²) in [6, 6.07) is 17.4. The van der Waals surface area contributed by atoms with E-state index in [2.05, 4.69) is 9.97 Å². The highest BCUT2D eigenvalue weighted by Gasteiger charge is 2.20. The predicted octanol–water partition coefficient (Wildman–Crippen LogP) is 4.23. The third-order valence-corrected chi connectivity index (χ3v) is 4.42. The van der Waals surface area contributed by atoms with Crippen LogP contribution in [0.2, 0.25) is 0 Å². The number of ether oxygens (including phenoxy) is 3. The summed E-state index contributed by atoms with van der Waals surface area (Å²) in [5.41, 5.74) is 2.97. The maximum Gasteiger partial charge on any atom is 0.335 e. The van der Waals surface area contributed by atoms with Crippen molar-refractivity contribution in [3.8, 4) is 17.1 Å². The molecule has 2 aromatic carbocycles. The minimum atomic E-state index is -0.593. The van der Waals surface area contributed by atoms with Gasteiger partial charge >= 0.3 is 5.97 Å². The summed E-state index contributed by atoms with van der Waals surface area (Å²) in [5.74, 6) is 1.11. The minimum absolute atomic E-state index is 0.332. The SMILES string of the molecule is CCOC(=O)C(Cc1ccc(OCc2cccc(-c3ncccn3)c2)cc1)OCC. The van der Waals surface area contributed by atoms with Crippen molar-refractivity contribution in [2.24, 2.45) is 0 Å². The number of rotatable bonds is 10. The third-order valence-electron chi connectivity index (χ3n) is 4.42. The molecule has 0 saturated heterocycles. The fraction of sp³-hybridized carbons (Fsp3) is 0.292. The summed E-state index contributed by atoms with van der Waals surface area (Å²) < 4.78 is 16.5. The number of hydrogen-bond acceptors (Lipinski definition) is 6. The van der Waals surface area contributed by atoms with Crippen LogP contribution in [-0.2, 0) is 27.3 Å². The molecule has 0 spiro atoms. The maximum absolute atomic E-state index is 12.0. The Morgan fingerprint density at radius 1 is 0.933 bits per heavy atom. The Hall–Kier alpha value is -3.25. The van der Waals surface area contributed by atoms with E-state index in [0.29, 0.717) is 32.1 Å². The van der Waals surface area contributed by atoms with Crippen LogP contribution in [0.1, 0.15) is 25.0 Å². The molecule has 1 unspecified atom stereocenters. The monoisotopic (exact) mass is 406 g/mol.